The quantitative estimate of drug-likeness (QED) is 0.476. The molecular weight excluding hydrogens is 274 g/mol. The molecule has 0 saturated heterocycles. The summed E-state index contributed by atoms with van der Waals surface area (Å²) in [7, 11) is 0. The summed E-state index contributed by atoms with van der Waals surface area (Å²) in [6.07, 6.45) is 13.4. The van der Waals surface area contributed by atoms with Crippen LogP contribution in [0.5, 0.6) is 0 Å². The summed E-state index contributed by atoms with van der Waals surface area (Å²) in [6, 6.07) is 0.161. The van der Waals surface area contributed by atoms with Crippen LogP contribution in [-0.2, 0) is 0 Å². The van der Waals surface area contributed by atoms with Crippen molar-refractivity contribution < 1.29 is 10.2 Å². The first kappa shape index (κ1) is 14.9. The van der Waals surface area contributed by atoms with Gasteiger partial charge in [-0.15, -0.1) is 0 Å². The molecule has 0 aromatic carbocycles. The van der Waals surface area contributed by atoms with E-state index < -0.39 is 11.2 Å². The first-order chi connectivity index (χ1) is 10.3. The highest BCUT2D eigenvalue weighted by Gasteiger charge is 2.64. The minimum absolute atomic E-state index is 0.161. The molecule has 7 atom stereocenters. The molecule has 0 bridgehead atoms. The van der Waals surface area contributed by atoms with Crippen molar-refractivity contribution in [3.05, 3.63) is 24.3 Å². The van der Waals surface area contributed by atoms with Gasteiger partial charge in [0, 0.05) is 17.9 Å². The topological polar surface area (TPSA) is 66.5 Å². The van der Waals surface area contributed by atoms with Crippen LogP contribution < -0.4 is 5.73 Å². The smallest absolute Gasteiger partial charge is 0.172 e. The molecule has 1 unspecified atom stereocenters. The Balaban J connectivity index is 1.79. The van der Waals surface area contributed by atoms with Gasteiger partial charge in [-0.3, -0.25) is 0 Å². The van der Waals surface area contributed by atoms with Crippen LogP contribution in [0.3, 0.4) is 0 Å². The fourth-order valence-electron chi connectivity index (χ4n) is 6.37. The summed E-state index contributed by atoms with van der Waals surface area (Å²) >= 11 is 0. The van der Waals surface area contributed by atoms with Crippen LogP contribution in [0.15, 0.2) is 24.3 Å². The number of hydrogen-bond acceptors (Lipinski definition) is 3. The summed E-state index contributed by atoms with van der Waals surface area (Å²) in [5.74, 6) is -0.250. The van der Waals surface area contributed by atoms with Gasteiger partial charge in [0.2, 0.25) is 0 Å². The molecule has 0 aromatic heterocycles. The standard InChI is InChI=1S/C19H29NO2/c1-17-8-4-6-13(17)16-14(7-10-17)18(2)12(11-15(16)20)5-3-9-19(18,21)22/h3-6,12-16,21-22H,7-11,20H2,1-2H3/t12?,13-,14-,15-,16-,17-,18-/m0/s1. The van der Waals surface area contributed by atoms with Gasteiger partial charge in [-0.2, -0.15) is 0 Å². The van der Waals surface area contributed by atoms with E-state index in [2.05, 4.69) is 32.1 Å². The number of hydrogen-bond donors (Lipinski definition) is 3. The molecule has 2 fully saturated rings. The zero-order valence-electron chi connectivity index (χ0n) is 13.7. The van der Waals surface area contributed by atoms with Crippen LogP contribution in [0.1, 0.15) is 46.0 Å². The Morgan fingerprint density at radius 1 is 1.09 bits per heavy atom. The van der Waals surface area contributed by atoms with Gasteiger partial charge in [-0.1, -0.05) is 38.2 Å². The van der Waals surface area contributed by atoms with Crippen molar-refractivity contribution in [3.8, 4) is 0 Å². The number of rotatable bonds is 0. The molecular formula is C19H29NO2. The Labute approximate surface area is 133 Å². The van der Waals surface area contributed by atoms with E-state index in [1.165, 1.54) is 6.42 Å². The van der Waals surface area contributed by atoms with Gasteiger partial charge in [0.05, 0.1) is 0 Å². The third kappa shape index (κ3) is 1.68. The molecule has 4 N–H and O–H groups in total. The summed E-state index contributed by atoms with van der Waals surface area (Å²) < 4.78 is 0. The van der Waals surface area contributed by atoms with Crippen LogP contribution >= 0.6 is 0 Å². The predicted molar refractivity (Wildman–Crippen MR) is 86.7 cm³/mol. The largest absolute Gasteiger partial charge is 0.365 e. The molecule has 122 valence electrons. The van der Waals surface area contributed by atoms with Crippen molar-refractivity contribution >= 4 is 0 Å². The second-order valence-corrected chi connectivity index (χ2v) is 8.77. The van der Waals surface area contributed by atoms with Crippen molar-refractivity contribution in [2.24, 2.45) is 40.2 Å². The summed E-state index contributed by atoms with van der Waals surface area (Å²) in [5, 5.41) is 21.6. The maximum Gasteiger partial charge on any atom is 0.172 e. The van der Waals surface area contributed by atoms with Crippen molar-refractivity contribution in [3.63, 3.8) is 0 Å². The Kier molecular flexibility index (Phi) is 3.03. The van der Waals surface area contributed by atoms with Gasteiger partial charge in [0.15, 0.2) is 5.79 Å². The SMILES string of the molecule is C[C@@]12CC=C[C@H]1[C@@H]1[C@@H](N)CC3C=CCC(O)(O)[C@]3(C)[C@H]1CC2. The minimum atomic E-state index is -1.61. The Bertz CT molecular complexity index is 540. The maximum atomic E-state index is 10.8. The summed E-state index contributed by atoms with van der Waals surface area (Å²) in [5.41, 5.74) is 6.49. The van der Waals surface area contributed by atoms with Crippen molar-refractivity contribution in [2.45, 2.75) is 57.8 Å². The van der Waals surface area contributed by atoms with Crippen molar-refractivity contribution in [2.75, 3.05) is 0 Å². The van der Waals surface area contributed by atoms with Crippen LogP contribution in [0.25, 0.3) is 0 Å². The summed E-state index contributed by atoms with van der Waals surface area (Å²) in [4.78, 5) is 0. The predicted octanol–water partition coefficient (Wildman–Crippen LogP) is 2.59. The van der Waals surface area contributed by atoms with Gasteiger partial charge in [-0.25, -0.2) is 0 Å². The number of nitrogens with two attached hydrogens (primary N) is 1. The maximum absolute atomic E-state index is 10.8. The second kappa shape index (κ2) is 4.46. The zero-order chi connectivity index (χ0) is 15.8. The first-order valence-corrected chi connectivity index (χ1v) is 8.83. The Morgan fingerprint density at radius 2 is 1.82 bits per heavy atom. The fourth-order valence-corrected chi connectivity index (χ4v) is 6.37. The molecule has 4 aliphatic carbocycles. The van der Waals surface area contributed by atoms with E-state index in [0.29, 0.717) is 29.6 Å². The van der Waals surface area contributed by atoms with E-state index in [4.69, 9.17) is 5.73 Å². The molecule has 0 radical (unpaired) electrons. The van der Waals surface area contributed by atoms with Crippen LogP contribution in [0.2, 0.25) is 0 Å². The minimum Gasteiger partial charge on any atom is -0.365 e. The molecule has 3 nitrogen and oxygen atoms in total. The fraction of sp³-hybridized carbons (Fsp3) is 0.789. The van der Waals surface area contributed by atoms with Gasteiger partial charge in [0.25, 0.3) is 0 Å². The lowest BCUT2D eigenvalue weighted by atomic mass is 9.44. The number of allylic oxidation sites excluding steroid dienone is 3. The lowest BCUT2D eigenvalue weighted by Crippen LogP contribution is -2.66. The van der Waals surface area contributed by atoms with Gasteiger partial charge in [0.1, 0.15) is 0 Å². The van der Waals surface area contributed by atoms with E-state index >= 15 is 0 Å². The van der Waals surface area contributed by atoms with Gasteiger partial charge in [-0.05, 0) is 54.8 Å². The molecule has 0 aliphatic heterocycles. The number of fused-ring (bicyclic) bond motifs is 5. The molecule has 0 aromatic rings. The molecule has 0 spiro atoms. The third-order valence-corrected chi connectivity index (χ3v) is 7.83. The molecule has 3 heteroatoms. The molecule has 4 aliphatic rings. The molecule has 2 saturated carbocycles. The highest BCUT2D eigenvalue weighted by molar-refractivity contribution is 5.22. The van der Waals surface area contributed by atoms with Crippen molar-refractivity contribution in [1.82, 2.24) is 0 Å². The van der Waals surface area contributed by atoms with E-state index in [-0.39, 0.29) is 12.0 Å². The molecule has 4 rings (SSSR count). The third-order valence-electron chi connectivity index (χ3n) is 7.83. The lowest BCUT2D eigenvalue weighted by Gasteiger charge is -2.63. The van der Waals surface area contributed by atoms with Crippen LogP contribution in [0, 0.1) is 34.5 Å². The highest BCUT2D eigenvalue weighted by Crippen LogP contribution is 2.65. The van der Waals surface area contributed by atoms with E-state index in [0.717, 1.165) is 19.3 Å². The monoisotopic (exact) mass is 303 g/mol. The van der Waals surface area contributed by atoms with Gasteiger partial charge >= 0.3 is 0 Å². The van der Waals surface area contributed by atoms with E-state index in [1.807, 2.05) is 6.08 Å². The summed E-state index contributed by atoms with van der Waals surface area (Å²) in [6.45, 7) is 4.49. The van der Waals surface area contributed by atoms with E-state index in [1.54, 1.807) is 0 Å². The average Bonchev–Trinajstić information content (AvgIpc) is 2.83. The highest BCUT2D eigenvalue weighted by atomic mass is 16.5. The average molecular weight is 303 g/mol. The molecule has 0 amide bonds. The lowest BCUT2D eigenvalue weighted by molar-refractivity contribution is -0.292. The first-order valence-electron chi connectivity index (χ1n) is 8.83. The molecule has 0 heterocycles. The normalized spacial score (nSPS) is 55.4. The van der Waals surface area contributed by atoms with E-state index in [9.17, 15) is 10.2 Å². The van der Waals surface area contributed by atoms with Crippen molar-refractivity contribution in [1.29, 1.82) is 0 Å². The van der Waals surface area contributed by atoms with Crippen LogP contribution in [-0.4, -0.2) is 22.0 Å². The zero-order valence-corrected chi connectivity index (χ0v) is 13.7. The Morgan fingerprint density at radius 3 is 2.59 bits per heavy atom. The number of aliphatic hydroxyl groups is 2. The van der Waals surface area contributed by atoms with Gasteiger partial charge < -0.3 is 15.9 Å². The second-order valence-electron chi connectivity index (χ2n) is 8.77. The Hall–Kier alpha value is -0.640. The van der Waals surface area contributed by atoms with Crippen LogP contribution in [0.4, 0.5) is 0 Å². The molecule has 22 heavy (non-hydrogen) atoms.